The average molecular weight is 270 g/mol. The molecule has 0 aliphatic heterocycles. The number of halogens is 3. The zero-order valence-electron chi connectivity index (χ0n) is 10.2. The number of rotatable bonds is 4. The summed E-state index contributed by atoms with van der Waals surface area (Å²) in [5, 5.41) is 6.77. The van der Waals surface area contributed by atoms with E-state index < -0.39 is 11.7 Å². The number of hydrogen-bond donors (Lipinski definition) is 1. The Bertz CT molecular complexity index is 522. The van der Waals surface area contributed by atoms with E-state index in [9.17, 15) is 13.2 Å². The lowest BCUT2D eigenvalue weighted by atomic mass is 10.2. The minimum Gasteiger partial charge on any atom is -0.365 e. The van der Waals surface area contributed by atoms with E-state index in [4.69, 9.17) is 0 Å². The first-order valence-corrected chi connectivity index (χ1v) is 5.73. The first-order valence-electron chi connectivity index (χ1n) is 5.73. The third-order valence-electron chi connectivity index (χ3n) is 2.52. The van der Waals surface area contributed by atoms with Gasteiger partial charge in [0.05, 0.1) is 12.1 Å². The van der Waals surface area contributed by atoms with Crippen LogP contribution in [-0.4, -0.2) is 20.8 Å². The molecule has 0 radical (unpaired) electrons. The second kappa shape index (κ2) is 5.29. The molecule has 2 heterocycles. The second-order valence-corrected chi connectivity index (χ2v) is 4.17. The Balaban J connectivity index is 2.10. The second-order valence-electron chi connectivity index (χ2n) is 4.17. The molecule has 1 unspecified atom stereocenters. The Morgan fingerprint density at radius 1 is 1.32 bits per heavy atom. The summed E-state index contributed by atoms with van der Waals surface area (Å²) in [5.74, 6) is -0.158. The molecule has 0 saturated heterocycles. The lowest BCUT2D eigenvalue weighted by molar-refractivity contribution is -0.137. The van der Waals surface area contributed by atoms with Crippen LogP contribution in [-0.2, 0) is 12.7 Å². The molecule has 0 saturated carbocycles. The summed E-state index contributed by atoms with van der Waals surface area (Å²) in [6.45, 7) is 2.23. The zero-order chi connectivity index (χ0) is 13.9. The Labute approximate surface area is 108 Å². The Hall–Kier alpha value is -2.05. The van der Waals surface area contributed by atoms with Crippen molar-refractivity contribution in [1.29, 1.82) is 0 Å². The summed E-state index contributed by atoms with van der Waals surface area (Å²) < 4.78 is 40.0. The number of nitrogens with zero attached hydrogens (tertiary/aromatic N) is 3. The van der Waals surface area contributed by atoms with Crippen molar-refractivity contribution in [3.63, 3.8) is 0 Å². The molecule has 7 heteroatoms. The molecule has 19 heavy (non-hydrogen) atoms. The first kappa shape index (κ1) is 13.4. The van der Waals surface area contributed by atoms with Crippen LogP contribution in [0.5, 0.6) is 0 Å². The topological polar surface area (TPSA) is 42.7 Å². The molecule has 0 spiro atoms. The van der Waals surface area contributed by atoms with Crippen LogP contribution in [0, 0.1) is 0 Å². The molecule has 0 aliphatic carbocycles. The molecule has 0 aromatic carbocycles. The highest BCUT2D eigenvalue weighted by Crippen LogP contribution is 2.33. The van der Waals surface area contributed by atoms with Gasteiger partial charge in [-0.15, -0.1) is 0 Å². The molecule has 1 N–H and O–H groups in total. The number of pyridine rings is 1. The van der Waals surface area contributed by atoms with Gasteiger partial charge in [-0.05, 0) is 25.1 Å². The van der Waals surface area contributed by atoms with Gasteiger partial charge in [0.25, 0.3) is 0 Å². The van der Waals surface area contributed by atoms with E-state index in [0.29, 0.717) is 6.54 Å². The fraction of sp³-hybridized carbons (Fsp3) is 0.333. The quantitative estimate of drug-likeness (QED) is 0.929. The minimum atomic E-state index is -4.41. The molecule has 0 bridgehead atoms. The van der Waals surface area contributed by atoms with Crippen LogP contribution < -0.4 is 5.32 Å². The van der Waals surface area contributed by atoms with Gasteiger partial charge < -0.3 is 5.32 Å². The summed E-state index contributed by atoms with van der Waals surface area (Å²) in [5.41, 5.74) is -0.762. The molecule has 102 valence electrons. The summed E-state index contributed by atoms with van der Waals surface area (Å²) in [6.07, 6.45) is 0.288. The Morgan fingerprint density at radius 3 is 2.74 bits per heavy atom. The molecule has 0 fully saturated rings. The third-order valence-corrected chi connectivity index (χ3v) is 2.52. The van der Waals surface area contributed by atoms with Crippen LogP contribution in [0.15, 0.2) is 36.8 Å². The number of hydrogen-bond acceptors (Lipinski definition) is 3. The fourth-order valence-corrected chi connectivity index (χ4v) is 1.72. The van der Waals surface area contributed by atoms with Crippen LogP contribution in [0.3, 0.4) is 0 Å². The number of aromatic nitrogens is 3. The van der Waals surface area contributed by atoms with Crippen LogP contribution in [0.25, 0.3) is 0 Å². The van der Waals surface area contributed by atoms with Gasteiger partial charge in [-0.2, -0.15) is 18.3 Å². The maximum absolute atomic E-state index is 12.8. The predicted molar refractivity (Wildman–Crippen MR) is 64.6 cm³/mol. The van der Waals surface area contributed by atoms with Crippen molar-refractivity contribution in [2.24, 2.45) is 0 Å². The summed E-state index contributed by atoms with van der Waals surface area (Å²) in [6, 6.07) is 3.81. The van der Waals surface area contributed by atoms with Gasteiger partial charge >= 0.3 is 6.18 Å². The highest BCUT2D eigenvalue weighted by Gasteiger charge is 2.34. The van der Waals surface area contributed by atoms with Crippen molar-refractivity contribution in [2.75, 3.05) is 5.32 Å². The van der Waals surface area contributed by atoms with Crippen molar-refractivity contribution in [2.45, 2.75) is 25.7 Å². The zero-order valence-corrected chi connectivity index (χ0v) is 10.2. The summed E-state index contributed by atoms with van der Waals surface area (Å²) >= 11 is 0. The van der Waals surface area contributed by atoms with E-state index in [1.807, 2.05) is 0 Å². The number of alkyl halides is 3. The van der Waals surface area contributed by atoms with Crippen molar-refractivity contribution in [3.05, 3.63) is 42.4 Å². The number of anilines is 1. The van der Waals surface area contributed by atoms with Crippen molar-refractivity contribution >= 4 is 5.82 Å². The molecule has 2 aromatic rings. The van der Waals surface area contributed by atoms with Gasteiger partial charge in [0, 0.05) is 24.6 Å². The van der Waals surface area contributed by atoms with Crippen molar-refractivity contribution in [3.8, 4) is 0 Å². The van der Waals surface area contributed by atoms with E-state index in [-0.39, 0.29) is 11.9 Å². The molecule has 2 rings (SSSR count). The van der Waals surface area contributed by atoms with Gasteiger partial charge in [0.1, 0.15) is 5.82 Å². The molecule has 0 aliphatic rings. The monoisotopic (exact) mass is 270 g/mol. The Kier molecular flexibility index (Phi) is 3.73. The van der Waals surface area contributed by atoms with Gasteiger partial charge in [0.15, 0.2) is 0 Å². The standard InChI is InChI=1S/C12H13F3N4/c1-9(8-19-7-3-6-17-19)18-11-10(12(13,14)15)4-2-5-16-11/h2-7,9H,8H2,1H3,(H,16,18). The Morgan fingerprint density at radius 2 is 2.11 bits per heavy atom. The predicted octanol–water partition coefficient (Wildman–Crippen LogP) is 2.80. The van der Waals surface area contributed by atoms with Crippen LogP contribution >= 0.6 is 0 Å². The van der Waals surface area contributed by atoms with Crippen LogP contribution in [0.2, 0.25) is 0 Å². The van der Waals surface area contributed by atoms with Gasteiger partial charge in [-0.3, -0.25) is 4.68 Å². The third kappa shape index (κ3) is 3.46. The van der Waals surface area contributed by atoms with Crippen LogP contribution in [0.1, 0.15) is 12.5 Å². The van der Waals surface area contributed by atoms with Gasteiger partial charge in [-0.1, -0.05) is 0 Å². The highest BCUT2D eigenvalue weighted by molar-refractivity contribution is 5.46. The maximum atomic E-state index is 12.8. The summed E-state index contributed by atoms with van der Waals surface area (Å²) in [7, 11) is 0. The first-order chi connectivity index (χ1) is 8.97. The highest BCUT2D eigenvalue weighted by atomic mass is 19.4. The number of nitrogens with one attached hydrogen (secondary N) is 1. The van der Waals surface area contributed by atoms with Crippen molar-refractivity contribution < 1.29 is 13.2 Å². The molecule has 0 amide bonds. The van der Waals surface area contributed by atoms with Gasteiger partial charge in [-0.25, -0.2) is 4.98 Å². The van der Waals surface area contributed by atoms with Crippen molar-refractivity contribution in [1.82, 2.24) is 14.8 Å². The van der Waals surface area contributed by atoms with E-state index in [2.05, 4.69) is 15.4 Å². The maximum Gasteiger partial charge on any atom is 0.419 e. The SMILES string of the molecule is CC(Cn1cccn1)Nc1ncccc1C(F)(F)F. The normalized spacial score (nSPS) is 13.3. The van der Waals surface area contributed by atoms with Crippen LogP contribution in [0.4, 0.5) is 19.0 Å². The minimum absolute atomic E-state index is 0.158. The molecule has 4 nitrogen and oxygen atoms in total. The van der Waals surface area contributed by atoms with E-state index in [1.165, 1.54) is 12.3 Å². The fourth-order valence-electron chi connectivity index (χ4n) is 1.72. The average Bonchev–Trinajstić information content (AvgIpc) is 2.81. The molecular weight excluding hydrogens is 257 g/mol. The van der Waals surface area contributed by atoms with E-state index in [0.717, 1.165) is 6.07 Å². The largest absolute Gasteiger partial charge is 0.419 e. The van der Waals surface area contributed by atoms with Gasteiger partial charge in [0.2, 0.25) is 0 Å². The molecule has 1 atom stereocenters. The molecule has 2 aromatic heterocycles. The lowest BCUT2D eigenvalue weighted by Crippen LogP contribution is -2.24. The smallest absolute Gasteiger partial charge is 0.365 e. The summed E-state index contributed by atoms with van der Waals surface area (Å²) in [4.78, 5) is 3.75. The molecular formula is C12H13F3N4. The lowest BCUT2D eigenvalue weighted by Gasteiger charge is -2.18. The van der Waals surface area contributed by atoms with E-state index >= 15 is 0 Å². The van der Waals surface area contributed by atoms with E-state index in [1.54, 1.807) is 30.1 Å².